The van der Waals surface area contributed by atoms with Gasteiger partial charge in [-0.3, -0.25) is 19.8 Å². The van der Waals surface area contributed by atoms with Crippen LogP contribution >= 0.6 is 11.6 Å². The Morgan fingerprint density at radius 1 is 1.24 bits per heavy atom. The zero-order chi connectivity index (χ0) is 23.4. The van der Waals surface area contributed by atoms with E-state index in [1.54, 1.807) is 19.2 Å². The predicted octanol–water partition coefficient (Wildman–Crippen LogP) is 3.26. The first-order chi connectivity index (χ1) is 16.0. The number of non-ortho nitro benzene ring substituents is 1. The van der Waals surface area contributed by atoms with Gasteiger partial charge in [-0.1, -0.05) is 23.7 Å². The molecule has 2 aliphatic heterocycles. The number of hydrogen-bond donors (Lipinski definition) is 1. The number of methoxy groups -OCH3 is 1. The number of rotatable bonds is 8. The molecule has 0 bridgehead atoms. The van der Waals surface area contributed by atoms with Crippen molar-refractivity contribution in [1.82, 2.24) is 10.2 Å². The SMILES string of the molecule is COCCCNC(=O)[C@H]1Cc2cc([N+](=O)[O-])ccc2N2CCN(Cc3ccc(Cl)cc3)C[C@@H]12. The van der Waals surface area contributed by atoms with Gasteiger partial charge in [-0.2, -0.15) is 0 Å². The summed E-state index contributed by atoms with van der Waals surface area (Å²) in [5.41, 5.74) is 3.11. The average molecular weight is 473 g/mol. The molecule has 0 aliphatic carbocycles. The first-order valence-electron chi connectivity index (χ1n) is 11.2. The third-order valence-corrected chi connectivity index (χ3v) is 6.72. The average Bonchev–Trinajstić information content (AvgIpc) is 2.82. The van der Waals surface area contributed by atoms with Crippen LogP contribution in [-0.4, -0.2) is 61.7 Å². The van der Waals surface area contributed by atoms with Crippen LogP contribution in [0, 0.1) is 16.0 Å². The molecule has 0 unspecified atom stereocenters. The molecule has 176 valence electrons. The standard InChI is InChI=1S/C24H29ClN4O4/c1-33-12-2-9-26-24(30)21-14-18-13-20(29(31)32)7-8-22(18)28-11-10-27(16-23(21)28)15-17-3-5-19(25)6-4-17/h3-8,13,21,23H,2,9-12,14-16H2,1H3,(H,26,30)/t21-,23-/m0/s1. The number of nitrogens with one attached hydrogen (secondary N) is 1. The monoisotopic (exact) mass is 472 g/mol. The third kappa shape index (κ3) is 5.46. The predicted molar refractivity (Wildman–Crippen MR) is 128 cm³/mol. The molecule has 1 amide bonds. The van der Waals surface area contributed by atoms with Gasteiger partial charge in [0.2, 0.25) is 5.91 Å². The molecule has 2 aliphatic rings. The zero-order valence-corrected chi connectivity index (χ0v) is 19.5. The molecule has 1 N–H and O–H groups in total. The van der Waals surface area contributed by atoms with Gasteiger partial charge < -0.3 is 15.0 Å². The van der Waals surface area contributed by atoms with Gasteiger partial charge in [0.1, 0.15) is 0 Å². The molecule has 0 radical (unpaired) electrons. The van der Waals surface area contributed by atoms with Crippen molar-refractivity contribution < 1.29 is 14.5 Å². The van der Waals surface area contributed by atoms with Gasteiger partial charge in [-0.25, -0.2) is 0 Å². The molecule has 0 aromatic heterocycles. The minimum Gasteiger partial charge on any atom is -0.385 e. The van der Waals surface area contributed by atoms with Gasteiger partial charge in [0.15, 0.2) is 0 Å². The van der Waals surface area contributed by atoms with E-state index in [0.717, 1.165) is 43.9 Å². The fourth-order valence-corrected chi connectivity index (χ4v) is 4.96. The minimum atomic E-state index is -0.379. The topological polar surface area (TPSA) is 87.9 Å². The Balaban J connectivity index is 1.55. The number of anilines is 1. The number of fused-ring (bicyclic) bond motifs is 3. The zero-order valence-electron chi connectivity index (χ0n) is 18.7. The van der Waals surface area contributed by atoms with Crippen molar-refractivity contribution in [2.45, 2.75) is 25.4 Å². The molecule has 2 atom stereocenters. The summed E-state index contributed by atoms with van der Waals surface area (Å²) < 4.78 is 5.08. The number of piperazine rings is 1. The van der Waals surface area contributed by atoms with Crippen LogP contribution in [0.2, 0.25) is 5.02 Å². The molecule has 2 aromatic carbocycles. The number of amides is 1. The summed E-state index contributed by atoms with van der Waals surface area (Å²) in [6.07, 6.45) is 1.23. The Kier molecular flexibility index (Phi) is 7.47. The lowest BCUT2D eigenvalue weighted by Crippen LogP contribution is -2.60. The van der Waals surface area contributed by atoms with E-state index in [4.69, 9.17) is 16.3 Å². The summed E-state index contributed by atoms with van der Waals surface area (Å²) >= 11 is 6.02. The van der Waals surface area contributed by atoms with Crippen molar-refractivity contribution in [1.29, 1.82) is 0 Å². The van der Waals surface area contributed by atoms with Crippen molar-refractivity contribution >= 4 is 28.9 Å². The van der Waals surface area contributed by atoms with Crippen molar-refractivity contribution in [2.24, 2.45) is 5.92 Å². The number of nitrogens with zero attached hydrogens (tertiary/aromatic N) is 3. The first kappa shape index (κ1) is 23.5. The highest BCUT2D eigenvalue weighted by atomic mass is 35.5. The lowest BCUT2D eigenvalue weighted by Gasteiger charge is -2.49. The maximum absolute atomic E-state index is 13.2. The lowest BCUT2D eigenvalue weighted by molar-refractivity contribution is -0.384. The molecule has 2 aromatic rings. The molecule has 4 rings (SSSR count). The van der Waals surface area contributed by atoms with Crippen LogP contribution in [0.25, 0.3) is 0 Å². The van der Waals surface area contributed by atoms with Gasteiger partial charge in [-0.15, -0.1) is 0 Å². The quantitative estimate of drug-likeness (QED) is 0.360. The van der Waals surface area contributed by atoms with Crippen LogP contribution in [0.4, 0.5) is 11.4 Å². The normalized spacial score (nSPS) is 20.1. The summed E-state index contributed by atoms with van der Waals surface area (Å²) in [4.78, 5) is 28.8. The Labute approximate surface area is 198 Å². The van der Waals surface area contributed by atoms with E-state index in [2.05, 4.69) is 15.1 Å². The van der Waals surface area contributed by atoms with Gasteiger partial charge >= 0.3 is 0 Å². The number of carbonyl (C=O) groups excluding carboxylic acids is 1. The Morgan fingerprint density at radius 3 is 2.76 bits per heavy atom. The number of hydrogen-bond acceptors (Lipinski definition) is 6. The van der Waals surface area contributed by atoms with E-state index in [1.807, 2.05) is 30.3 Å². The summed E-state index contributed by atoms with van der Waals surface area (Å²) in [5, 5.41) is 15.1. The summed E-state index contributed by atoms with van der Waals surface area (Å²) in [7, 11) is 1.64. The summed E-state index contributed by atoms with van der Waals surface area (Å²) in [6.45, 7) is 4.27. The van der Waals surface area contributed by atoms with E-state index in [1.165, 1.54) is 5.56 Å². The van der Waals surface area contributed by atoms with Crippen LogP contribution in [0.15, 0.2) is 42.5 Å². The van der Waals surface area contributed by atoms with Crippen LogP contribution in [0.5, 0.6) is 0 Å². The highest BCUT2D eigenvalue weighted by molar-refractivity contribution is 6.30. The van der Waals surface area contributed by atoms with Crippen molar-refractivity contribution in [3.8, 4) is 0 Å². The molecule has 2 heterocycles. The largest absolute Gasteiger partial charge is 0.385 e. The van der Waals surface area contributed by atoms with E-state index in [9.17, 15) is 14.9 Å². The highest BCUT2D eigenvalue weighted by Crippen LogP contribution is 2.38. The van der Waals surface area contributed by atoms with Gasteiger partial charge in [0.05, 0.1) is 16.9 Å². The Morgan fingerprint density at radius 2 is 2.03 bits per heavy atom. The van der Waals surface area contributed by atoms with Crippen LogP contribution in [0.1, 0.15) is 17.5 Å². The number of nitro benzene ring substituents is 1. The molecule has 8 nitrogen and oxygen atoms in total. The highest BCUT2D eigenvalue weighted by Gasteiger charge is 2.41. The number of nitro groups is 1. The molecular weight excluding hydrogens is 444 g/mol. The van der Waals surface area contributed by atoms with Crippen LogP contribution < -0.4 is 10.2 Å². The second kappa shape index (κ2) is 10.5. The maximum Gasteiger partial charge on any atom is 0.269 e. The van der Waals surface area contributed by atoms with E-state index >= 15 is 0 Å². The van der Waals surface area contributed by atoms with E-state index < -0.39 is 0 Å². The van der Waals surface area contributed by atoms with E-state index in [0.29, 0.717) is 24.6 Å². The maximum atomic E-state index is 13.2. The van der Waals surface area contributed by atoms with Gasteiger partial charge in [0.25, 0.3) is 5.69 Å². The Bertz CT molecular complexity index is 1000. The van der Waals surface area contributed by atoms with Crippen LogP contribution in [-0.2, 0) is 22.5 Å². The fraction of sp³-hybridized carbons (Fsp3) is 0.458. The summed E-state index contributed by atoms with van der Waals surface area (Å²) in [6, 6.07) is 12.9. The fourth-order valence-electron chi connectivity index (χ4n) is 4.83. The van der Waals surface area contributed by atoms with Gasteiger partial charge in [0, 0.05) is 69.3 Å². The number of halogens is 1. The molecular formula is C24H29ClN4O4. The van der Waals surface area contributed by atoms with E-state index in [-0.39, 0.29) is 28.5 Å². The smallest absolute Gasteiger partial charge is 0.269 e. The Hall–Kier alpha value is -2.68. The molecule has 0 saturated carbocycles. The minimum absolute atomic E-state index is 0.00225. The third-order valence-electron chi connectivity index (χ3n) is 6.47. The molecule has 33 heavy (non-hydrogen) atoms. The van der Waals surface area contributed by atoms with Crippen LogP contribution in [0.3, 0.4) is 0 Å². The molecule has 9 heteroatoms. The van der Waals surface area contributed by atoms with Crippen molar-refractivity contribution in [3.63, 3.8) is 0 Å². The summed E-state index contributed by atoms with van der Waals surface area (Å²) in [5.74, 6) is -0.290. The van der Waals surface area contributed by atoms with Crippen molar-refractivity contribution in [3.05, 3.63) is 68.7 Å². The number of carbonyl (C=O) groups is 1. The van der Waals surface area contributed by atoms with Crippen molar-refractivity contribution in [2.75, 3.05) is 44.8 Å². The number of benzene rings is 2. The van der Waals surface area contributed by atoms with Gasteiger partial charge in [-0.05, 0) is 42.2 Å². The number of ether oxygens (including phenoxy) is 1. The molecule has 0 spiro atoms. The second-order valence-corrected chi connectivity index (χ2v) is 9.08. The molecule has 1 saturated heterocycles. The molecule has 1 fully saturated rings. The second-order valence-electron chi connectivity index (χ2n) is 8.64. The first-order valence-corrected chi connectivity index (χ1v) is 11.6. The lowest BCUT2D eigenvalue weighted by atomic mass is 9.83.